The average molecular weight is 1040 g/mol. The molecule has 14 nitrogen and oxygen atoms in total. The molecule has 79 heavy (non-hydrogen) atoms. The third-order valence-electron chi connectivity index (χ3n) is 15.9. The first-order valence-electron chi connectivity index (χ1n) is 26.5. The average Bonchev–Trinajstić information content (AvgIpc) is 3.65. The van der Waals surface area contributed by atoms with Crippen LogP contribution in [0.2, 0.25) is 0 Å². The van der Waals surface area contributed by atoms with E-state index in [0.717, 1.165) is 112 Å². The Kier molecular flexibility index (Phi) is 12.8. The molecule has 0 fully saturated rings. The summed E-state index contributed by atoms with van der Waals surface area (Å²) in [6, 6.07) is 30.9. The van der Waals surface area contributed by atoms with Gasteiger partial charge in [0.1, 0.15) is 0 Å². The Morgan fingerprint density at radius 2 is 0.848 bits per heavy atom. The zero-order chi connectivity index (χ0) is 54.8. The third kappa shape index (κ3) is 8.69. The van der Waals surface area contributed by atoms with Crippen molar-refractivity contribution in [1.29, 1.82) is 0 Å². The molecule has 0 N–H and O–H groups in total. The lowest BCUT2D eigenvalue weighted by Gasteiger charge is -2.41. The number of para-hydroxylation sites is 1. The molecule has 0 amide bonds. The lowest BCUT2D eigenvalue weighted by molar-refractivity contribution is 0.607. The van der Waals surface area contributed by atoms with Gasteiger partial charge in [0.2, 0.25) is 0 Å². The number of aryl methyl sites for hydroxylation is 3. The second-order valence-corrected chi connectivity index (χ2v) is 20.7. The Bertz CT molecular complexity index is 4260. The van der Waals surface area contributed by atoms with Gasteiger partial charge in [-0.2, -0.15) is 0 Å². The molecule has 0 saturated carbocycles. The molecule has 6 heterocycles. The highest BCUT2D eigenvalue weighted by atomic mass is 15.2. The Morgan fingerprint density at radius 3 is 1.39 bits per heavy atom. The van der Waals surface area contributed by atoms with Crippen LogP contribution < -0.4 is 9.80 Å². The van der Waals surface area contributed by atoms with Gasteiger partial charge in [-0.05, 0) is 173 Å². The van der Waals surface area contributed by atoms with E-state index in [1.807, 2.05) is 18.6 Å². The van der Waals surface area contributed by atoms with E-state index in [4.69, 9.17) is 24.9 Å². The Labute approximate surface area is 459 Å². The molecule has 0 spiro atoms. The summed E-state index contributed by atoms with van der Waals surface area (Å²) in [6.07, 6.45) is 15.4. The lowest BCUT2D eigenvalue weighted by atomic mass is 9.70. The summed E-state index contributed by atoms with van der Waals surface area (Å²) in [7, 11) is 0. The van der Waals surface area contributed by atoms with Crippen LogP contribution in [0.1, 0.15) is 82.5 Å². The summed E-state index contributed by atoms with van der Waals surface area (Å²) in [5, 5.41) is 0. The molecule has 2 unspecified atom stereocenters. The summed E-state index contributed by atoms with van der Waals surface area (Å²) in [6.45, 7) is 24.3. The van der Waals surface area contributed by atoms with Gasteiger partial charge in [0.05, 0.1) is 47.0 Å². The topological polar surface area (TPSA) is 161 Å². The Morgan fingerprint density at radius 1 is 0.392 bits per heavy atom. The van der Waals surface area contributed by atoms with Gasteiger partial charge in [-0.25, -0.2) is 59.8 Å². The van der Waals surface area contributed by atoms with Crippen LogP contribution in [0.4, 0.5) is 28.4 Å². The molecule has 0 radical (unpaired) electrons. The van der Waals surface area contributed by atoms with Crippen LogP contribution in [0.25, 0.3) is 62.0 Å². The molecule has 0 aliphatic heterocycles. The van der Waals surface area contributed by atoms with E-state index in [-0.39, 0.29) is 11.8 Å². The minimum Gasteiger partial charge on any atom is -0.310 e. The maximum Gasteiger partial charge on any atom is 0.198 e. The van der Waals surface area contributed by atoms with Gasteiger partial charge in [-0.1, -0.05) is 61.0 Å². The number of anilines is 5. The summed E-state index contributed by atoms with van der Waals surface area (Å²) < 4.78 is 0. The molecule has 1 aliphatic rings. The van der Waals surface area contributed by atoms with Crippen molar-refractivity contribution >= 4 is 67.9 Å². The fourth-order valence-corrected chi connectivity index (χ4v) is 12.2. The normalized spacial score (nSPS) is 14.7. The third-order valence-corrected chi connectivity index (χ3v) is 15.9. The molecular weight excluding hydrogens is 977 g/mol. The van der Waals surface area contributed by atoms with Crippen LogP contribution in [0.3, 0.4) is 0 Å². The van der Waals surface area contributed by atoms with Crippen molar-refractivity contribution in [2.24, 2.45) is 5.92 Å². The van der Waals surface area contributed by atoms with Gasteiger partial charge < -0.3 is 9.80 Å². The lowest BCUT2D eigenvalue weighted by Crippen LogP contribution is -2.29. The molecule has 388 valence electrons. The van der Waals surface area contributed by atoms with Crippen LogP contribution in [0.15, 0.2) is 158 Å². The highest BCUT2D eigenvalue weighted by Gasteiger charge is 2.38. The monoisotopic (exact) mass is 1030 g/mol. The SMILES string of the molecule is CC1=C(c2cnc3nccnc3n2)C(C)C(c2ccc(N(c3ccccc3)c3c(C)c(C)c(-c4cnc5nccnc5n4)c(C)c3C)cc2)C(C)=C1N(c1ccc(C)cc1)c1c(C)cc(C)c(-c2cnc3nccnc3n2)c1C. The van der Waals surface area contributed by atoms with Crippen LogP contribution in [-0.2, 0) is 0 Å². The van der Waals surface area contributed by atoms with E-state index < -0.39 is 0 Å². The first kappa shape index (κ1) is 50.3. The zero-order valence-corrected chi connectivity index (χ0v) is 46.2. The van der Waals surface area contributed by atoms with Crippen molar-refractivity contribution < 1.29 is 0 Å². The maximum absolute atomic E-state index is 5.22. The largest absolute Gasteiger partial charge is 0.310 e. The molecule has 5 aromatic carbocycles. The second kappa shape index (κ2) is 20.1. The van der Waals surface area contributed by atoms with E-state index >= 15 is 0 Å². The molecule has 14 heteroatoms. The van der Waals surface area contributed by atoms with Gasteiger partial charge in [0.15, 0.2) is 33.9 Å². The van der Waals surface area contributed by atoms with Crippen molar-refractivity contribution in [3.05, 3.63) is 213 Å². The summed E-state index contributed by atoms with van der Waals surface area (Å²) in [5.41, 5.74) is 27.3. The first-order chi connectivity index (χ1) is 38.3. The standard InChI is InChI=1S/C65H58N14/c1-35-17-21-49(22-18-35)79(57-37(3)31-36(2)53(43(57)9)50-32-72-60-63(75-50)69-28-25-66-60)59-44(10)54(42(8)56(45(59)11)52-34-74-62-65(77-52)71-30-27-68-62)46-19-23-48(24-20-46)78(47-15-13-12-14-16-47)58-40(6)38(4)55(39(5)41(58)7)51-33-73-61-64(76-51)70-29-26-67-61/h12-34,42,54H,1-11H3. The number of benzene rings is 5. The van der Waals surface area contributed by atoms with E-state index in [9.17, 15) is 0 Å². The predicted octanol–water partition coefficient (Wildman–Crippen LogP) is 14.5. The summed E-state index contributed by atoms with van der Waals surface area (Å²) >= 11 is 0. The minimum absolute atomic E-state index is 0.0422. The fourth-order valence-electron chi connectivity index (χ4n) is 12.2. The van der Waals surface area contributed by atoms with Gasteiger partial charge in [0, 0.05) is 77.0 Å². The number of hydrogen-bond donors (Lipinski definition) is 0. The van der Waals surface area contributed by atoms with Gasteiger partial charge in [-0.15, -0.1) is 0 Å². The van der Waals surface area contributed by atoms with Crippen LogP contribution in [0, 0.1) is 61.3 Å². The van der Waals surface area contributed by atoms with E-state index in [1.165, 1.54) is 16.7 Å². The number of nitrogens with zero attached hydrogens (tertiary/aromatic N) is 14. The van der Waals surface area contributed by atoms with E-state index in [1.54, 1.807) is 37.2 Å². The first-order valence-corrected chi connectivity index (χ1v) is 26.5. The van der Waals surface area contributed by atoms with Crippen molar-refractivity contribution in [3.63, 3.8) is 0 Å². The number of hydrogen-bond acceptors (Lipinski definition) is 14. The summed E-state index contributed by atoms with van der Waals surface area (Å²) in [5.74, 6) is -0.143. The van der Waals surface area contributed by atoms with Crippen molar-refractivity contribution in [3.8, 4) is 22.5 Å². The fraction of sp³-hybridized carbons (Fsp3) is 0.200. The molecule has 11 aromatic rings. The van der Waals surface area contributed by atoms with E-state index in [0.29, 0.717) is 33.9 Å². The van der Waals surface area contributed by atoms with Crippen LogP contribution in [-0.4, -0.2) is 59.8 Å². The van der Waals surface area contributed by atoms with E-state index in [2.05, 4.69) is 206 Å². The molecule has 0 bridgehead atoms. The zero-order valence-electron chi connectivity index (χ0n) is 46.2. The Balaban J connectivity index is 1.05. The number of fused-ring (bicyclic) bond motifs is 3. The van der Waals surface area contributed by atoms with Gasteiger partial charge >= 0.3 is 0 Å². The molecule has 6 aromatic heterocycles. The number of aromatic nitrogens is 12. The summed E-state index contributed by atoms with van der Waals surface area (Å²) in [4.78, 5) is 61.3. The molecule has 1 aliphatic carbocycles. The number of allylic oxidation sites excluding steroid dienone is 3. The van der Waals surface area contributed by atoms with Crippen LogP contribution >= 0.6 is 0 Å². The predicted molar refractivity (Wildman–Crippen MR) is 315 cm³/mol. The van der Waals surface area contributed by atoms with Gasteiger partial charge in [0.25, 0.3) is 0 Å². The second-order valence-electron chi connectivity index (χ2n) is 20.7. The smallest absolute Gasteiger partial charge is 0.198 e. The molecular formula is C65H58N14. The molecule has 2 atom stereocenters. The number of rotatable bonds is 10. The van der Waals surface area contributed by atoms with Crippen molar-refractivity contribution in [2.45, 2.75) is 82.1 Å². The van der Waals surface area contributed by atoms with Crippen molar-refractivity contribution in [2.75, 3.05) is 9.80 Å². The maximum atomic E-state index is 5.22. The molecule has 0 saturated heterocycles. The van der Waals surface area contributed by atoms with Crippen LogP contribution in [0.5, 0.6) is 0 Å². The quantitative estimate of drug-likeness (QED) is 0.127. The highest BCUT2D eigenvalue weighted by Crippen LogP contribution is 2.53. The Hall–Kier alpha value is -9.56. The molecule has 12 rings (SSSR count). The van der Waals surface area contributed by atoms with Crippen molar-refractivity contribution in [1.82, 2.24) is 59.8 Å². The van der Waals surface area contributed by atoms with Gasteiger partial charge in [-0.3, -0.25) is 0 Å². The highest BCUT2D eigenvalue weighted by molar-refractivity contribution is 5.90. The minimum atomic E-state index is -0.101.